The number of anilines is 1. The van der Waals surface area contributed by atoms with Crippen LogP contribution >= 0.6 is 0 Å². The van der Waals surface area contributed by atoms with E-state index in [0.29, 0.717) is 22.5 Å². The van der Waals surface area contributed by atoms with Gasteiger partial charge in [-0.1, -0.05) is 78.0 Å². The number of carbonyl (C=O) groups is 1. The fraction of sp³-hybridized carbons (Fsp3) is 0.429. The first-order valence-corrected chi connectivity index (χ1v) is 14.0. The van der Waals surface area contributed by atoms with Crippen molar-refractivity contribution in [3.63, 3.8) is 0 Å². The maximum atomic E-state index is 14.3. The summed E-state index contributed by atoms with van der Waals surface area (Å²) in [5, 5.41) is 2.69. The molecule has 2 aromatic rings. The third kappa shape index (κ3) is 7.49. The monoisotopic (exact) mass is 528 g/mol. The Kier molecular flexibility index (Phi) is 9.26. The van der Waals surface area contributed by atoms with Crippen molar-refractivity contribution in [2.45, 2.75) is 66.0 Å². The molecule has 0 aromatic heterocycles. The second-order valence-electron chi connectivity index (χ2n) is 10.3. The molecule has 9 heteroatoms. The Morgan fingerprint density at radius 3 is 2.11 bits per heavy atom. The van der Waals surface area contributed by atoms with E-state index < -0.39 is 22.1 Å². The van der Waals surface area contributed by atoms with Crippen LogP contribution in [0.2, 0.25) is 0 Å². The maximum Gasteiger partial charge on any atom is 0.333 e. The van der Waals surface area contributed by atoms with Gasteiger partial charge in [0.15, 0.2) is 0 Å². The van der Waals surface area contributed by atoms with E-state index >= 15 is 0 Å². The van der Waals surface area contributed by atoms with Crippen LogP contribution in [0.15, 0.2) is 59.6 Å². The number of nitrogens with zero attached hydrogens (tertiary/aromatic N) is 2. The van der Waals surface area contributed by atoms with E-state index in [0.717, 1.165) is 5.56 Å². The number of halogens is 1. The largest absolute Gasteiger partial charge is 0.333 e. The molecule has 37 heavy (non-hydrogen) atoms. The lowest BCUT2D eigenvalue weighted by atomic mass is 9.92. The van der Waals surface area contributed by atoms with Crippen LogP contribution in [0, 0.1) is 11.7 Å². The standard InChI is InChI=1S/C28H37FN4O3S/c1-18(2)24-14-22(29)15-25(19(3)4)27(24)31-28(34)32-37(35,36)33(16-21-10-8-7-9-11-21)17-23-12-13-26(30-23)20(5)6/h7-15,18-20,26H,16-17H2,1-6H3,(H2,31,32,34). The number of carbonyl (C=O) groups excluding carboxylic acids is 1. The van der Waals surface area contributed by atoms with Gasteiger partial charge in [0.1, 0.15) is 5.82 Å². The first-order valence-electron chi connectivity index (χ1n) is 12.6. The van der Waals surface area contributed by atoms with Gasteiger partial charge >= 0.3 is 16.2 Å². The molecule has 7 nitrogen and oxygen atoms in total. The van der Waals surface area contributed by atoms with Gasteiger partial charge in [-0.15, -0.1) is 0 Å². The van der Waals surface area contributed by atoms with Gasteiger partial charge in [-0.2, -0.15) is 12.7 Å². The van der Waals surface area contributed by atoms with E-state index in [9.17, 15) is 17.6 Å². The Balaban J connectivity index is 1.87. The average Bonchev–Trinajstić information content (AvgIpc) is 3.28. The van der Waals surface area contributed by atoms with Gasteiger partial charge < -0.3 is 5.32 Å². The molecule has 2 amide bonds. The van der Waals surface area contributed by atoms with Crippen molar-refractivity contribution >= 4 is 27.6 Å². The van der Waals surface area contributed by atoms with Crippen molar-refractivity contribution in [1.82, 2.24) is 9.03 Å². The fourth-order valence-electron chi connectivity index (χ4n) is 4.17. The highest BCUT2D eigenvalue weighted by Crippen LogP contribution is 2.33. The Labute approximate surface area is 220 Å². The van der Waals surface area contributed by atoms with Crippen LogP contribution in [0.1, 0.15) is 70.1 Å². The van der Waals surface area contributed by atoms with E-state index in [1.807, 2.05) is 70.2 Å². The molecule has 1 atom stereocenters. The van der Waals surface area contributed by atoms with Crippen molar-refractivity contribution in [3.8, 4) is 0 Å². The van der Waals surface area contributed by atoms with E-state index in [2.05, 4.69) is 28.9 Å². The van der Waals surface area contributed by atoms with Crippen LogP contribution in [0.4, 0.5) is 14.9 Å². The van der Waals surface area contributed by atoms with Gasteiger partial charge in [-0.3, -0.25) is 4.99 Å². The minimum absolute atomic E-state index is 0.00470. The summed E-state index contributed by atoms with van der Waals surface area (Å²) >= 11 is 0. The summed E-state index contributed by atoms with van der Waals surface area (Å²) in [6.07, 6.45) is 3.80. The highest BCUT2D eigenvalue weighted by molar-refractivity contribution is 7.87. The second kappa shape index (κ2) is 12.0. The number of amides is 2. The number of rotatable bonds is 10. The molecule has 2 N–H and O–H groups in total. The lowest BCUT2D eigenvalue weighted by Gasteiger charge is -2.24. The second-order valence-corrected chi connectivity index (χ2v) is 12.0. The summed E-state index contributed by atoms with van der Waals surface area (Å²) in [5.74, 6) is -0.283. The van der Waals surface area contributed by atoms with Gasteiger partial charge in [-0.25, -0.2) is 13.9 Å². The van der Waals surface area contributed by atoms with Crippen molar-refractivity contribution in [1.29, 1.82) is 0 Å². The lowest BCUT2D eigenvalue weighted by Crippen LogP contribution is -2.46. The number of aliphatic imine (C=N–C) groups is 1. The van der Waals surface area contributed by atoms with E-state index in [-0.39, 0.29) is 36.9 Å². The van der Waals surface area contributed by atoms with Crippen LogP contribution in [0.3, 0.4) is 0 Å². The molecule has 1 unspecified atom stereocenters. The van der Waals surface area contributed by atoms with Crippen molar-refractivity contribution in [3.05, 3.63) is 77.1 Å². The third-order valence-electron chi connectivity index (χ3n) is 6.23. The normalized spacial score (nSPS) is 15.6. The Bertz CT molecular complexity index is 1240. The zero-order chi connectivity index (χ0) is 27.3. The topological polar surface area (TPSA) is 90.9 Å². The molecular weight excluding hydrogens is 491 g/mol. The number of hydrogen-bond acceptors (Lipinski definition) is 4. The third-order valence-corrected chi connectivity index (χ3v) is 7.61. The van der Waals surface area contributed by atoms with Crippen LogP contribution in [-0.2, 0) is 16.8 Å². The van der Waals surface area contributed by atoms with Gasteiger partial charge in [0.25, 0.3) is 0 Å². The van der Waals surface area contributed by atoms with Crippen LogP contribution in [-0.4, -0.2) is 37.1 Å². The Hall–Kier alpha value is -3.04. The molecule has 3 rings (SSSR count). The molecule has 1 aliphatic heterocycles. The smallest absolute Gasteiger partial charge is 0.307 e. The lowest BCUT2D eigenvalue weighted by molar-refractivity contribution is 0.255. The van der Waals surface area contributed by atoms with Crippen LogP contribution in [0.25, 0.3) is 0 Å². The predicted molar refractivity (Wildman–Crippen MR) is 148 cm³/mol. The number of benzene rings is 2. The molecule has 0 bridgehead atoms. The van der Waals surface area contributed by atoms with Crippen molar-refractivity contribution < 1.29 is 17.6 Å². The Morgan fingerprint density at radius 1 is 1.00 bits per heavy atom. The molecule has 1 heterocycles. The maximum absolute atomic E-state index is 14.3. The van der Waals surface area contributed by atoms with Gasteiger partial charge in [0.05, 0.1) is 18.3 Å². The van der Waals surface area contributed by atoms with Crippen molar-refractivity contribution in [2.24, 2.45) is 10.9 Å². The van der Waals surface area contributed by atoms with Crippen molar-refractivity contribution in [2.75, 3.05) is 11.9 Å². The average molecular weight is 529 g/mol. The molecule has 2 aromatic carbocycles. The first-order chi connectivity index (χ1) is 17.4. The summed E-state index contributed by atoms with van der Waals surface area (Å²) in [4.78, 5) is 17.7. The summed E-state index contributed by atoms with van der Waals surface area (Å²) in [5.41, 5.74) is 3.03. The number of nitrogens with one attached hydrogen (secondary N) is 2. The Morgan fingerprint density at radius 2 is 1.59 bits per heavy atom. The van der Waals surface area contributed by atoms with Gasteiger partial charge in [0.2, 0.25) is 0 Å². The molecule has 0 aliphatic carbocycles. The fourth-order valence-corrected chi connectivity index (χ4v) is 5.21. The summed E-state index contributed by atoms with van der Waals surface area (Å²) in [7, 11) is -4.26. The minimum Gasteiger partial charge on any atom is -0.307 e. The molecule has 1 aliphatic rings. The molecule has 200 valence electrons. The predicted octanol–water partition coefficient (Wildman–Crippen LogP) is 5.98. The van der Waals surface area contributed by atoms with Gasteiger partial charge in [0, 0.05) is 12.2 Å². The minimum atomic E-state index is -4.26. The number of urea groups is 1. The van der Waals surface area contributed by atoms with Crippen LogP contribution < -0.4 is 10.0 Å². The molecule has 0 spiro atoms. The zero-order valence-corrected chi connectivity index (χ0v) is 23.1. The van der Waals surface area contributed by atoms with Crippen LogP contribution in [0.5, 0.6) is 0 Å². The highest BCUT2D eigenvalue weighted by atomic mass is 32.2. The van der Waals surface area contributed by atoms with E-state index in [1.165, 1.54) is 16.4 Å². The highest BCUT2D eigenvalue weighted by Gasteiger charge is 2.28. The first kappa shape index (κ1) is 28.5. The molecule has 0 saturated heterocycles. The molecular formula is C28H37FN4O3S. The summed E-state index contributed by atoms with van der Waals surface area (Å²) in [6, 6.07) is 11.0. The zero-order valence-electron chi connectivity index (χ0n) is 22.3. The van der Waals surface area contributed by atoms with E-state index in [1.54, 1.807) is 0 Å². The van der Waals surface area contributed by atoms with Gasteiger partial charge in [-0.05, 0) is 52.7 Å². The quantitative estimate of drug-likeness (QED) is 0.398. The molecule has 0 saturated carbocycles. The summed E-state index contributed by atoms with van der Waals surface area (Å²) in [6.45, 7) is 11.7. The van der Waals surface area contributed by atoms with E-state index in [4.69, 9.17) is 0 Å². The summed E-state index contributed by atoms with van der Waals surface area (Å²) < 4.78 is 44.5. The number of hydrogen-bond donors (Lipinski definition) is 2. The molecule has 0 radical (unpaired) electrons. The SMILES string of the molecule is CC(C)c1cc(F)cc(C(C)C)c1NC(=O)NS(=O)(=O)N(CC1=NC(C(C)C)C=C1)Cc1ccccc1. The molecule has 0 fully saturated rings.